The number of carbonyl (C=O) groups excluding carboxylic acids is 1. The third-order valence-corrected chi connectivity index (χ3v) is 4.66. The standard InChI is InChI=1S/C15H21N5OS/c1-11-9-12(2)20(18-11)13-3-6-19(10-13)7-4-14(21)17-15-16-5-8-22-15/h5,8-9,13H,3-4,6-7,10H2,1-2H3,(H,16,17,21). The highest BCUT2D eigenvalue weighted by Crippen LogP contribution is 2.23. The molecule has 118 valence electrons. The number of anilines is 1. The fourth-order valence-corrected chi connectivity index (χ4v) is 3.50. The van der Waals surface area contributed by atoms with Crippen molar-refractivity contribution < 1.29 is 4.79 Å². The van der Waals surface area contributed by atoms with Crippen molar-refractivity contribution in [1.82, 2.24) is 19.7 Å². The molecular weight excluding hydrogens is 298 g/mol. The molecule has 0 spiro atoms. The van der Waals surface area contributed by atoms with Gasteiger partial charge in [0.25, 0.3) is 0 Å². The van der Waals surface area contributed by atoms with E-state index in [1.807, 2.05) is 12.3 Å². The lowest BCUT2D eigenvalue weighted by Crippen LogP contribution is -2.26. The highest BCUT2D eigenvalue weighted by atomic mass is 32.1. The average Bonchev–Trinajstić information content (AvgIpc) is 3.18. The first-order valence-electron chi connectivity index (χ1n) is 7.56. The summed E-state index contributed by atoms with van der Waals surface area (Å²) in [5, 5.41) is 9.93. The number of hydrogen-bond acceptors (Lipinski definition) is 5. The molecule has 1 amide bonds. The summed E-state index contributed by atoms with van der Waals surface area (Å²) >= 11 is 1.44. The number of nitrogens with zero attached hydrogens (tertiary/aromatic N) is 4. The van der Waals surface area contributed by atoms with Gasteiger partial charge in [0.15, 0.2) is 5.13 Å². The number of rotatable bonds is 5. The smallest absolute Gasteiger partial charge is 0.227 e. The molecule has 3 heterocycles. The third kappa shape index (κ3) is 3.53. The summed E-state index contributed by atoms with van der Waals surface area (Å²) in [6.07, 6.45) is 3.29. The van der Waals surface area contributed by atoms with Crippen LogP contribution >= 0.6 is 11.3 Å². The van der Waals surface area contributed by atoms with Crippen molar-refractivity contribution >= 4 is 22.4 Å². The minimum absolute atomic E-state index is 0.0320. The number of thiazole rings is 1. The van der Waals surface area contributed by atoms with E-state index in [2.05, 4.69) is 38.0 Å². The van der Waals surface area contributed by atoms with Gasteiger partial charge in [-0.05, 0) is 26.3 Å². The maximum absolute atomic E-state index is 11.9. The highest BCUT2D eigenvalue weighted by Gasteiger charge is 2.25. The van der Waals surface area contributed by atoms with Crippen LogP contribution in [0.5, 0.6) is 0 Å². The van der Waals surface area contributed by atoms with Gasteiger partial charge in [-0.3, -0.25) is 9.48 Å². The van der Waals surface area contributed by atoms with E-state index in [1.54, 1.807) is 6.20 Å². The van der Waals surface area contributed by atoms with Crippen LogP contribution in [0.25, 0.3) is 0 Å². The number of nitrogens with one attached hydrogen (secondary N) is 1. The fourth-order valence-electron chi connectivity index (χ4n) is 2.96. The molecule has 2 aromatic rings. The number of carbonyl (C=O) groups is 1. The predicted molar refractivity (Wildman–Crippen MR) is 87.2 cm³/mol. The first kappa shape index (κ1) is 15.2. The summed E-state index contributed by atoms with van der Waals surface area (Å²) < 4.78 is 2.13. The van der Waals surface area contributed by atoms with E-state index >= 15 is 0 Å². The molecule has 7 heteroatoms. The molecule has 22 heavy (non-hydrogen) atoms. The van der Waals surface area contributed by atoms with Crippen molar-refractivity contribution in [3.05, 3.63) is 29.0 Å². The largest absolute Gasteiger partial charge is 0.302 e. The monoisotopic (exact) mass is 319 g/mol. The minimum atomic E-state index is 0.0320. The molecule has 0 radical (unpaired) electrons. The summed E-state index contributed by atoms with van der Waals surface area (Å²) in [6.45, 7) is 6.90. The Hall–Kier alpha value is -1.73. The summed E-state index contributed by atoms with van der Waals surface area (Å²) in [4.78, 5) is 18.3. The van der Waals surface area contributed by atoms with Crippen LogP contribution in [0.4, 0.5) is 5.13 Å². The zero-order chi connectivity index (χ0) is 15.5. The van der Waals surface area contributed by atoms with Gasteiger partial charge in [0, 0.05) is 43.3 Å². The average molecular weight is 319 g/mol. The van der Waals surface area contributed by atoms with Crippen LogP contribution in [0.15, 0.2) is 17.6 Å². The summed E-state index contributed by atoms with van der Waals surface area (Å²) in [7, 11) is 0. The zero-order valence-corrected chi connectivity index (χ0v) is 13.8. The second-order valence-electron chi connectivity index (χ2n) is 5.75. The molecule has 0 aromatic carbocycles. The Bertz CT molecular complexity index is 636. The quantitative estimate of drug-likeness (QED) is 0.918. The van der Waals surface area contributed by atoms with Crippen LogP contribution in [0.2, 0.25) is 0 Å². The van der Waals surface area contributed by atoms with E-state index in [1.165, 1.54) is 17.0 Å². The Labute approximate surface area is 134 Å². The van der Waals surface area contributed by atoms with Gasteiger partial charge in [-0.1, -0.05) is 0 Å². The highest BCUT2D eigenvalue weighted by molar-refractivity contribution is 7.13. The van der Waals surface area contributed by atoms with E-state index in [9.17, 15) is 4.79 Å². The van der Waals surface area contributed by atoms with Crippen LogP contribution in [-0.4, -0.2) is 45.2 Å². The predicted octanol–water partition coefficient (Wildman–Crippen LogP) is 2.23. The molecule has 1 N–H and O–H groups in total. The Balaban J connectivity index is 1.47. The van der Waals surface area contributed by atoms with E-state index in [0.29, 0.717) is 17.6 Å². The van der Waals surface area contributed by atoms with Crippen molar-refractivity contribution in [3.63, 3.8) is 0 Å². The zero-order valence-electron chi connectivity index (χ0n) is 13.0. The summed E-state index contributed by atoms with van der Waals surface area (Å²) in [6, 6.07) is 2.54. The van der Waals surface area contributed by atoms with Gasteiger partial charge in [-0.15, -0.1) is 11.3 Å². The lowest BCUT2D eigenvalue weighted by molar-refractivity contribution is -0.116. The molecule has 1 unspecified atom stereocenters. The SMILES string of the molecule is Cc1cc(C)n(C2CCN(CCC(=O)Nc3nccs3)C2)n1. The molecule has 1 atom stereocenters. The lowest BCUT2D eigenvalue weighted by atomic mass is 10.2. The Morgan fingerprint density at radius 2 is 2.36 bits per heavy atom. The molecule has 3 rings (SSSR count). The summed E-state index contributed by atoms with van der Waals surface area (Å²) in [5.41, 5.74) is 2.28. The Morgan fingerprint density at radius 1 is 1.50 bits per heavy atom. The Kier molecular flexibility index (Phi) is 4.54. The molecule has 1 saturated heterocycles. The minimum Gasteiger partial charge on any atom is -0.302 e. The number of likely N-dealkylation sites (tertiary alicyclic amines) is 1. The fraction of sp³-hybridized carbons (Fsp3) is 0.533. The van der Waals surface area contributed by atoms with Gasteiger partial charge in [-0.2, -0.15) is 5.10 Å². The van der Waals surface area contributed by atoms with Crippen LogP contribution < -0.4 is 5.32 Å². The number of hydrogen-bond donors (Lipinski definition) is 1. The van der Waals surface area contributed by atoms with Crippen LogP contribution in [0, 0.1) is 13.8 Å². The third-order valence-electron chi connectivity index (χ3n) is 3.97. The van der Waals surface area contributed by atoms with Gasteiger partial charge >= 0.3 is 0 Å². The number of aromatic nitrogens is 3. The molecule has 0 bridgehead atoms. The molecule has 1 aliphatic rings. The number of aryl methyl sites for hydroxylation is 2. The van der Waals surface area contributed by atoms with E-state index in [4.69, 9.17) is 0 Å². The maximum atomic E-state index is 11.9. The first-order valence-corrected chi connectivity index (χ1v) is 8.44. The van der Waals surface area contributed by atoms with E-state index in [-0.39, 0.29) is 5.91 Å². The molecular formula is C15H21N5OS. The van der Waals surface area contributed by atoms with Crippen molar-refractivity contribution in [2.45, 2.75) is 32.7 Å². The molecule has 2 aromatic heterocycles. The van der Waals surface area contributed by atoms with Gasteiger partial charge < -0.3 is 10.2 Å². The molecule has 0 aliphatic carbocycles. The molecule has 6 nitrogen and oxygen atoms in total. The summed E-state index contributed by atoms with van der Waals surface area (Å²) in [5.74, 6) is 0.0320. The molecule has 0 saturated carbocycles. The lowest BCUT2D eigenvalue weighted by Gasteiger charge is -2.16. The molecule has 1 fully saturated rings. The Morgan fingerprint density at radius 3 is 3.05 bits per heavy atom. The van der Waals surface area contributed by atoms with Crippen LogP contribution in [0.1, 0.15) is 30.3 Å². The van der Waals surface area contributed by atoms with Crippen molar-refractivity contribution in [1.29, 1.82) is 0 Å². The normalized spacial score (nSPS) is 18.7. The van der Waals surface area contributed by atoms with Gasteiger partial charge in [0.05, 0.1) is 11.7 Å². The van der Waals surface area contributed by atoms with Crippen LogP contribution in [0.3, 0.4) is 0 Å². The van der Waals surface area contributed by atoms with Crippen molar-refractivity contribution in [3.8, 4) is 0 Å². The van der Waals surface area contributed by atoms with Gasteiger partial charge in [0.2, 0.25) is 5.91 Å². The van der Waals surface area contributed by atoms with Crippen LogP contribution in [-0.2, 0) is 4.79 Å². The van der Waals surface area contributed by atoms with E-state index in [0.717, 1.165) is 31.7 Å². The second-order valence-corrected chi connectivity index (χ2v) is 6.64. The molecule has 1 aliphatic heterocycles. The van der Waals surface area contributed by atoms with Gasteiger partial charge in [0.1, 0.15) is 0 Å². The maximum Gasteiger partial charge on any atom is 0.227 e. The first-order chi connectivity index (χ1) is 10.6. The van der Waals surface area contributed by atoms with Crippen molar-refractivity contribution in [2.24, 2.45) is 0 Å². The number of amides is 1. The van der Waals surface area contributed by atoms with E-state index < -0.39 is 0 Å². The second kappa shape index (κ2) is 6.58. The topological polar surface area (TPSA) is 63.1 Å². The van der Waals surface area contributed by atoms with Crippen molar-refractivity contribution in [2.75, 3.05) is 25.0 Å². The van der Waals surface area contributed by atoms with Gasteiger partial charge in [-0.25, -0.2) is 4.98 Å².